The van der Waals surface area contributed by atoms with Crippen molar-refractivity contribution < 1.29 is 4.79 Å². The first kappa shape index (κ1) is 23.7. The minimum absolute atomic E-state index is 0. The van der Waals surface area contributed by atoms with Gasteiger partial charge in [0.15, 0.2) is 0 Å². The van der Waals surface area contributed by atoms with E-state index in [4.69, 9.17) is 0 Å². The number of nitrogens with zero attached hydrogens (tertiary/aromatic N) is 3. The number of aromatic nitrogens is 2. The molecule has 2 aliphatic rings. The molecule has 0 aliphatic carbocycles. The van der Waals surface area contributed by atoms with Crippen LogP contribution in [0.1, 0.15) is 55.5 Å². The number of imidazole rings is 1. The van der Waals surface area contributed by atoms with E-state index in [1.165, 1.54) is 29.8 Å². The van der Waals surface area contributed by atoms with Crippen LogP contribution in [0, 0.1) is 0 Å². The van der Waals surface area contributed by atoms with Crippen molar-refractivity contribution >= 4 is 30.7 Å². The van der Waals surface area contributed by atoms with Crippen LogP contribution >= 0.6 is 24.8 Å². The average Bonchev–Trinajstić information content (AvgIpc) is 3.20. The van der Waals surface area contributed by atoms with E-state index in [1.54, 1.807) is 0 Å². The average molecular weight is 439 g/mol. The SMILES string of the molecule is CCCCn1ccnc1C1CCN(C(=O)[C@H]2Cc3ccccc3CN2)CC1.Cl.Cl. The number of halogens is 2. The second-order valence-corrected chi connectivity index (χ2v) is 7.84. The van der Waals surface area contributed by atoms with E-state index >= 15 is 0 Å². The summed E-state index contributed by atoms with van der Waals surface area (Å²) >= 11 is 0. The zero-order valence-corrected chi connectivity index (χ0v) is 18.7. The van der Waals surface area contributed by atoms with Gasteiger partial charge >= 0.3 is 0 Å². The maximum atomic E-state index is 13.0. The van der Waals surface area contributed by atoms with E-state index in [1.807, 2.05) is 6.20 Å². The van der Waals surface area contributed by atoms with Crippen LogP contribution < -0.4 is 5.32 Å². The molecule has 3 heterocycles. The van der Waals surface area contributed by atoms with Gasteiger partial charge in [0, 0.05) is 44.5 Å². The van der Waals surface area contributed by atoms with Crippen molar-refractivity contribution in [1.29, 1.82) is 0 Å². The van der Waals surface area contributed by atoms with Crippen LogP contribution in [-0.4, -0.2) is 39.5 Å². The van der Waals surface area contributed by atoms with Gasteiger partial charge in [-0.2, -0.15) is 0 Å². The fourth-order valence-electron chi connectivity index (χ4n) is 4.41. The lowest BCUT2D eigenvalue weighted by Crippen LogP contribution is -2.51. The zero-order valence-electron chi connectivity index (χ0n) is 17.0. The van der Waals surface area contributed by atoms with E-state index < -0.39 is 0 Å². The lowest BCUT2D eigenvalue weighted by Gasteiger charge is -2.35. The number of hydrogen-bond acceptors (Lipinski definition) is 3. The maximum absolute atomic E-state index is 13.0. The highest BCUT2D eigenvalue weighted by Crippen LogP contribution is 2.28. The van der Waals surface area contributed by atoms with Crippen LogP contribution in [-0.2, 0) is 24.3 Å². The smallest absolute Gasteiger partial charge is 0.240 e. The number of rotatable bonds is 5. The molecule has 1 atom stereocenters. The monoisotopic (exact) mass is 438 g/mol. The fourth-order valence-corrected chi connectivity index (χ4v) is 4.41. The fraction of sp³-hybridized carbons (Fsp3) is 0.545. The Labute approximate surface area is 186 Å². The van der Waals surface area contributed by atoms with Gasteiger partial charge in [-0.15, -0.1) is 24.8 Å². The summed E-state index contributed by atoms with van der Waals surface area (Å²) in [5.74, 6) is 1.94. The third-order valence-corrected chi connectivity index (χ3v) is 6.05. The molecule has 1 aromatic heterocycles. The Balaban J connectivity index is 0.00000150. The molecule has 0 unspecified atom stereocenters. The molecular weight excluding hydrogens is 407 g/mol. The Kier molecular flexibility index (Phi) is 9.00. The van der Waals surface area contributed by atoms with E-state index in [0.717, 1.165) is 45.4 Å². The maximum Gasteiger partial charge on any atom is 0.240 e. The molecule has 2 aliphatic heterocycles. The molecule has 1 N–H and O–H groups in total. The number of carbonyl (C=O) groups is 1. The minimum atomic E-state index is -0.0806. The number of amides is 1. The topological polar surface area (TPSA) is 50.2 Å². The molecule has 1 saturated heterocycles. The van der Waals surface area contributed by atoms with Crippen molar-refractivity contribution in [2.45, 2.75) is 64.1 Å². The van der Waals surface area contributed by atoms with Crippen molar-refractivity contribution in [3.8, 4) is 0 Å². The van der Waals surface area contributed by atoms with Crippen LogP contribution in [0.25, 0.3) is 0 Å². The van der Waals surface area contributed by atoms with Gasteiger partial charge in [-0.25, -0.2) is 4.98 Å². The molecule has 160 valence electrons. The summed E-state index contributed by atoms with van der Waals surface area (Å²) in [7, 11) is 0. The van der Waals surface area contributed by atoms with Gasteiger partial charge in [-0.3, -0.25) is 4.79 Å². The molecule has 0 saturated carbocycles. The highest BCUT2D eigenvalue weighted by Gasteiger charge is 2.31. The molecule has 0 bridgehead atoms. The highest BCUT2D eigenvalue weighted by molar-refractivity contribution is 5.85. The number of likely N-dealkylation sites (tertiary alicyclic amines) is 1. The second-order valence-electron chi connectivity index (χ2n) is 7.84. The summed E-state index contributed by atoms with van der Waals surface area (Å²) in [5, 5.41) is 3.44. The number of nitrogens with one attached hydrogen (secondary N) is 1. The Morgan fingerprint density at radius 2 is 1.90 bits per heavy atom. The number of unbranched alkanes of at least 4 members (excludes halogenated alkanes) is 1. The summed E-state index contributed by atoms with van der Waals surface area (Å²) in [6.45, 7) is 5.74. The standard InChI is InChI=1S/C22H30N4O.2ClH/c1-2-3-11-25-14-10-23-21(25)17-8-12-26(13-9-17)22(27)20-15-18-6-4-5-7-19(18)16-24-20;;/h4-7,10,14,17,20,24H,2-3,8-9,11-13,15-16H2,1H3;2*1H/t20-;;/m1../s1. The van der Waals surface area contributed by atoms with Gasteiger partial charge in [0.1, 0.15) is 5.82 Å². The first-order valence-corrected chi connectivity index (χ1v) is 10.4. The number of piperidine rings is 1. The minimum Gasteiger partial charge on any atom is -0.341 e. The molecule has 1 aromatic carbocycles. The molecule has 7 heteroatoms. The van der Waals surface area contributed by atoms with Crippen LogP contribution in [0.15, 0.2) is 36.7 Å². The van der Waals surface area contributed by atoms with Crippen molar-refractivity contribution in [3.63, 3.8) is 0 Å². The molecule has 2 aromatic rings. The molecule has 4 rings (SSSR count). The quantitative estimate of drug-likeness (QED) is 0.768. The highest BCUT2D eigenvalue weighted by atomic mass is 35.5. The van der Waals surface area contributed by atoms with E-state index in [-0.39, 0.29) is 36.8 Å². The van der Waals surface area contributed by atoms with Crippen molar-refractivity contribution in [3.05, 3.63) is 53.6 Å². The third kappa shape index (κ3) is 5.33. The van der Waals surface area contributed by atoms with Gasteiger partial charge < -0.3 is 14.8 Å². The largest absolute Gasteiger partial charge is 0.341 e. The Morgan fingerprint density at radius 3 is 2.62 bits per heavy atom. The van der Waals surface area contributed by atoms with Crippen molar-refractivity contribution in [1.82, 2.24) is 19.8 Å². The van der Waals surface area contributed by atoms with Gasteiger partial charge in [0.25, 0.3) is 0 Å². The summed E-state index contributed by atoms with van der Waals surface area (Å²) in [6, 6.07) is 8.35. The predicted octanol–water partition coefficient (Wildman–Crippen LogP) is 3.95. The van der Waals surface area contributed by atoms with E-state index in [9.17, 15) is 4.79 Å². The Bertz CT molecular complexity index is 787. The van der Waals surface area contributed by atoms with Gasteiger partial charge in [-0.05, 0) is 36.8 Å². The molecule has 5 nitrogen and oxygen atoms in total. The van der Waals surface area contributed by atoms with Gasteiger partial charge in [0.05, 0.1) is 6.04 Å². The van der Waals surface area contributed by atoms with Gasteiger partial charge in [-0.1, -0.05) is 37.6 Å². The summed E-state index contributed by atoms with van der Waals surface area (Å²) in [5.41, 5.74) is 2.63. The van der Waals surface area contributed by atoms with Crippen molar-refractivity contribution in [2.24, 2.45) is 0 Å². The molecule has 0 radical (unpaired) electrons. The van der Waals surface area contributed by atoms with Crippen LogP contribution in [0.2, 0.25) is 0 Å². The number of benzene rings is 1. The predicted molar refractivity (Wildman–Crippen MR) is 121 cm³/mol. The molecule has 29 heavy (non-hydrogen) atoms. The summed E-state index contributed by atoms with van der Waals surface area (Å²) < 4.78 is 2.31. The molecule has 0 spiro atoms. The van der Waals surface area contributed by atoms with Crippen LogP contribution in [0.3, 0.4) is 0 Å². The summed E-state index contributed by atoms with van der Waals surface area (Å²) in [6.07, 6.45) is 9.24. The van der Waals surface area contributed by atoms with Crippen molar-refractivity contribution in [2.75, 3.05) is 13.1 Å². The normalized spacial score (nSPS) is 19.1. The second kappa shape index (κ2) is 11.0. The number of hydrogen-bond donors (Lipinski definition) is 1. The lowest BCUT2D eigenvalue weighted by atomic mass is 9.92. The molecular formula is C22H32Cl2N4O. The number of fused-ring (bicyclic) bond motifs is 1. The third-order valence-electron chi connectivity index (χ3n) is 6.05. The van der Waals surface area contributed by atoms with E-state index in [2.05, 4.69) is 57.2 Å². The summed E-state index contributed by atoms with van der Waals surface area (Å²) in [4.78, 5) is 19.7. The van der Waals surface area contributed by atoms with Crippen LogP contribution in [0.4, 0.5) is 0 Å². The van der Waals surface area contributed by atoms with Gasteiger partial charge in [0.2, 0.25) is 5.91 Å². The number of aryl methyl sites for hydroxylation is 1. The first-order valence-electron chi connectivity index (χ1n) is 10.4. The van der Waals surface area contributed by atoms with E-state index in [0.29, 0.717) is 5.92 Å². The zero-order chi connectivity index (χ0) is 18.6. The Morgan fingerprint density at radius 1 is 1.17 bits per heavy atom. The first-order chi connectivity index (χ1) is 13.3. The van der Waals surface area contributed by atoms with Crippen LogP contribution in [0.5, 0.6) is 0 Å². The lowest BCUT2D eigenvalue weighted by molar-refractivity contribution is -0.134. The molecule has 1 amide bonds. The Hall–Kier alpha value is -1.56. The molecule has 1 fully saturated rings. The number of carbonyl (C=O) groups excluding carboxylic acids is 1.